The predicted molar refractivity (Wildman–Crippen MR) is 57.5 cm³/mol. The Kier molecular flexibility index (Phi) is 3.36. The van der Waals surface area contributed by atoms with Gasteiger partial charge in [0.05, 0.1) is 13.2 Å². The second-order valence-corrected chi connectivity index (χ2v) is 3.57. The molecule has 1 fully saturated rings. The molecule has 86 valence electrons. The summed E-state index contributed by atoms with van der Waals surface area (Å²) in [7, 11) is 1.59. The van der Waals surface area contributed by atoms with Crippen LogP contribution in [-0.2, 0) is 4.74 Å². The molecule has 0 aromatic carbocycles. The van der Waals surface area contributed by atoms with Crippen LogP contribution in [0.5, 0.6) is 5.88 Å². The predicted octanol–water partition coefficient (Wildman–Crippen LogP) is 0.609. The van der Waals surface area contributed by atoms with Crippen LogP contribution in [0.4, 0.5) is 0 Å². The zero-order chi connectivity index (χ0) is 11.4. The van der Waals surface area contributed by atoms with Gasteiger partial charge < -0.3 is 14.8 Å². The van der Waals surface area contributed by atoms with Crippen molar-refractivity contribution in [3.05, 3.63) is 23.9 Å². The third kappa shape index (κ3) is 2.49. The van der Waals surface area contributed by atoms with E-state index in [0.29, 0.717) is 18.1 Å². The van der Waals surface area contributed by atoms with Crippen molar-refractivity contribution in [1.82, 2.24) is 10.3 Å². The quantitative estimate of drug-likeness (QED) is 0.814. The number of amides is 1. The van der Waals surface area contributed by atoms with E-state index in [0.717, 1.165) is 13.0 Å². The summed E-state index contributed by atoms with van der Waals surface area (Å²) in [6, 6.07) is 3.29. The fourth-order valence-corrected chi connectivity index (χ4v) is 1.54. The Bertz CT molecular complexity index is 375. The summed E-state index contributed by atoms with van der Waals surface area (Å²) in [5.74, 6) is 0.325. The number of carbonyl (C=O) groups is 1. The number of nitrogens with one attached hydrogen (secondary N) is 1. The van der Waals surface area contributed by atoms with E-state index in [2.05, 4.69) is 10.3 Å². The molecule has 1 unspecified atom stereocenters. The minimum Gasteiger partial charge on any atom is -0.472 e. The summed E-state index contributed by atoms with van der Waals surface area (Å²) >= 11 is 0. The number of hydrogen-bond acceptors (Lipinski definition) is 4. The van der Waals surface area contributed by atoms with Crippen LogP contribution in [0.2, 0.25) is 0 Å². The molecule has 2 heterocycles. The molecular formula is C11H14N2O3. The number of nitrogens with zero attached hydrogens (tertiary/aromatic N) is 1. The van der Waals surface area contributed by atoms with E-state index in [-0.39, 0.29) is 12.0 Å². The summed E-state index contributed by atoms with van der Waals surface area (Å²) in [5.41, 5.74) is 0.548. The lowest BCUT2D eigenvalue weighted by Crippen LogP contribution is -2.19. The Balaban J connectivity index is 2.06. The Labute approximate surface area is 93.8 Å². The molecule has 1 aromatic rings. The van der Waals surface area contributed by atoms with Crippen molar-refractivity contribution in [1.29, 1.82) is 0 Å². The Hall–Kier alpha value is -1.62. The van der Waals surface area contributed by atoms with Gasteiger partial charge in [-0.15, -0.1) is 0 Å². The van der Waals surface area contributed by atoms with Crippen molar-refractivity contribution in [2.75, 3.05) is 20.3 Å². The average molecular weight is 222 g/mol. The van der Waals surface area contributed by atoms with Crippen molar-refractivity contribution in [2.24, 2.45) is 0 Å². The van der Waals surface area contributed by atoms with E-state index in [9.17, 15) is 4.79 Å². The second-order valence-electron chi connectivity index (χ2n) is 3.57. The summed E-state index contributed by atoms with van der Waals surface area (Å²) in [5, 5.41) is 2.56. The van der Waals surface area contributed by atoms with Gasteiger partial charge in [0.15, 0.2) is 0 Å². The lowest BCUT2D eigenvalue weighted by Gasteiger charge is -2.11. The van der Waals surface area contributed by atoms with Crippen LogP contribution >= 0.6 is 0 Å². The minimum atomic E-state index is -0.144. The molecule has 1 saturated heterocycles. The van der Waals surface area contributed by atoms with E-state index in [4.69, 9.17) is 9.47 Å². The lowest BCUT2D eigenvalue weighted by atomic mass is 10.2. The first-order valence-electron chi connectivity index (χ1n) is 5.22. The fraction of sp³-hybridized carbons (Fsp3) is 0.455. The molecule has 0 spiro atoms. The SMILES string of the molecule is CNC(=O)c1ccnc(OC2CCOC2)c1. The van der Waals surface area contributed by atoms with Gasteiger partial charge in [0.1, 0.15) is 6.10 Å². The Morgan fingerprint density at radius 1 is 1.69 bits per heavy atom. The topological polar surface area (TPSA) is 60.5 Å². The summed E-state index contributed by atoms with van der Waals surface area (Å²) in [6.45, 7) is 1.31. The molecule has 1 aliphatic rings. The molecule has 0 saturated carbocycles. The molecule has 0 bridgehead atoms. The second kappa shape index (κ2) is 4.94. The zero-order valence-electron chi connectivity index (χ0n) is 9.10. The first-order chi connectivity index (χ1) is 7.79. The fourth-order valence-electron chi connectivity index (χ4n) is 1.54. The highest BCUT2D eigenvalue weighted by atomic mass is 16.5. The van der Waals surface area contributed by atoms with Crippen molar-refractivity contribution < 1.29 is 14.3 Å². The van der Waals surface area contributed by atoms with Crippen molar-refractivity contribution >= 4 is 5.91 Å². The van der Waals surface area contributed by atoms with Crippen molar-refractivity contribution in [2.45, 2.75) is 12.5 Å². The van der Waals surface area contributed by atoms with Crippen LogP contribution in [0.15, 0.2) is 18.3 Å². The first-order valence-corrected chi connectivity index (χ1v) is 5.22. The maximum atomic E-state index is 11.4. The van der Waals surface area contributed by atoms with Crippen molar-refractivity contribution in [3.8, 4) is 5.88 Å². The number of aromatic nitrogens is 1. The largest absolute Gasteiger partial charge is 0.472 e. The molecule has 16 heavy (non-hydrogen) atoms. The molecule has 0 radical (unpaired) electrons. The molecular weight excluding hydrogens is 208 g/mol. The van der Waals surface area contributed by atoms with Gasteiger partial charge in [-0.25, -0.2) is 4.98 Å². The minimum absolute atomic E-state index is 0.0486. The third-order valence-corrected chi connectivity index (χ3v) is 2.40. The summed E-state index contributed by atoms with van der Waals surface area (Å²) < 4.78 is 10.8. The molecule has 2 rings (SSSR count). The molecule has 1 atom stereocenters. The van der Waals surface area contributed by atoms with Gasteiger partial charge in [-0.05, 0) is 6.07 Å². The van der Waals surface area contributed by atoms with Crippen LogP contribution in [-0.4, -0.2) is 37.3 Å². The van der Waals surface area contributed by atoms with Crippen LogP contribution in [0.3, 0.4) is 0 Å². The van der Waals surface area contributed by atoms with Crippen LogP contribution in [0.25, 0.3) is 0 Å². The molecule has 0 aliphatic carbocycles. The van der Waals surface area contributed by atoms with Gasteiger partial charge >= 0.3 is 0 Å². The monoisotopic (exact) mass is 222 g/mol. The number of pyridine rings is 1. The highest BCUT2D eigenvalue weighted by Gasteiger charge is 2.18. The highest BCUT2D eigenvalue weighted by molar-refractivity contribution is 5.94. The number of carbonyl (C=O) groups excluding carboxylic acids is 1. The Morgan fingerprint density at radius 2 is 2.56 bits per heavy atom. The Morgan fingerprint density at radius 3 is 3.25 bits per heavy atom. The van der Waals surface area contributed by atoms with Crippen molar-refractivity contribution in [3.63, 3.8) is 0 Å². The molecule has 5 heteroatoms. The number of hydrogen-bond donors (Lipinski definition) is 1. The highest BCUT2D eigenvalue weighted by Crippen LogP contribution is 2.15. The van der Waals surface area contributed by atoms with Gasteiger partial charge in [-0.3, -0.25) is 4.79 Å². The number of ether oxygens (including phenoxy) is 2. The van der Waals surface area contributed by atoms with E-state index in [1.165, 1.54) is 0 Å². The van der Waals surface area contributed by atoms with E-state index < -0.39 is 0 Å². The maximum absolute atomic E-state index is 11.4. The molecule has 1 aromatic heterocycles. The number of rotatable bonds is 3. The summed E-state index contributed by atoms with van der Waals surface area (Å²) in [4.78, 5) is 15.4. The van der Waals surface area contributed by atoms with Crippen LogP contribution < -0.4 is 10.1 Å². The van der Waals surface area contributed by atoms with E-state index in [1.807, 2.05) is 0 Å². The molecule has 5 nitrogen and oxygen atoms in total. The molecule has 1 amide bonds. The zero-order valence-corrected chi connectivity index (χ0v) is 9.10. The molecule has 1 N–H and O–H groups in total. The van der Waals surface area contributed by atoms with Gasteiger partial charge in [0.2, 0.25) is 5.88 Å². The first kappa shape index (κ1) is 10.9. The van der Waals surface area contributed by atoms with Gasteiger partial charge in [-0.2, -0.15) is 0 Å². The lowest BCUT2D eigenvalue weighted by molar-refractivity contribution is 0.0961. The van der Waals surface area contributed by atoms with E-state index >= 15 is 0 Å². The standard InChI is InChI=1S/C11H14N2O3/c1-12-11(14)8-2-4-13-10(6-8)16-9-3-5-15-7-9/h2,4,6,9H,3,5,7H2,1H3,(H,12,14). The van der Waals surface area contributed by atoms with E-state index in [1.54, 1.807) is 25.4 Å². The summed E-state index contributed by atoms with van der Waals surface area (Å²) in [6.07, 6.45) is 2.48. The third-order valence-electron chi connectivity index (χ3n) is 2.40. The van der Waals surface area contributed by atoms with Crippen LogP contribution in [0.1, 0.15) is 16.8 Å². The maximum Gasteiger partial charge on any atom is 0.251 e. The van der Waals surface area contributed by atoms with Gasteiger partial charge in [0, 0.05) is 31.3 Å². The van der Waals surface area contributed by atoms with Crippen LogP contribution in [0, 0.1) is 0 Å². The van der Waals surface area contributed by atoms with Gasteiger partial charge in [-0.1, -0.05) is 0 Å². The van der Waals surface area contributed by atoms with Gasteiger partial charge in [0.25, 0.3) is 5.91 Å². The molecule has 1 aliphatic heterocycles. The normalized spacial score (nSPS) is 19.4. The smallest absolute Gasteiger partial charge is 0.251 e. The average Bonchev–Trinajstić information content (AvgIpc) is 2.81.